The lowest BCUT2D eigenvalue weighted by Crippen LogP contribution is -2.53. The quantitative estimate of drug-likeness (QED) is 0.581. The Hall–Kier alpha value is -1.18. The van der Waals surface area contributed by atoms with Crippen LogP contribution in [0.25, 0.3) is 0 Å². The topological polar surface area (TPSA) is 29.5 Å². The molecule has 1 aliphatic heterocycles. The Morgan fingerprint density at radius 2 is 2.00 bits per heavy atom. The molecule has 1 amide bonds. The van der Waals surface area contributed by atoms with Gasteiger partial charge in [0.25, 0.3) is 0 Å². The highest BCUT2D eigenvalue weighted by atomic mass is 19.4. The summed E-state index contributed by atoms with van der Waals surface area (Å²) in [4.78, 5) is 11.6. The number of alkyl halides is 5. The minimum Gasteiger partial charge on any atom is -0.380 e. The molecule has 0 spiro atoms. The molecule has 0 fully saturated rings. The van der Waals surface area contributed by atoms with Crippen molar-refractivity contribution in [1.29, 1.82) is 0 Å². The zero-order valence-electron chi connectivity index (χ0n) is 9.56. The molecule has 8 heteroatoms. The fraction of sp³-hybridized carbons (Fsp3) is 0.700. The van der Waals surface area contributed by atoms with Crippen molar-refractivity contribution in [1.82, 2.24) is 4.90 Å². The molecule has 0 aromatic carbocycles. The molecule has 0 saturated heterocycles. The van der Waals surface area contributed by atoms with Gasteiger partial charge in [-0.2, -0.15) is 22.0 Å². The van der Waals surface area contributed by atoms with Gasteiger partial charge in [0.05, 0.1) is 6.61 Å². The van der Waals surface area contributed by atoms with Gasteiger partial charge in [-0.05, 0) is 12.0 Å². The third-order valence-electron chi connectivity index (χ3n) is 2.54. The molecule has 3 nitrogen and oxygen atoms in total. The van der Waals surface area contributed by atoms with Gasteiger partial charge in [-0.1, -0.05) is 6.08 Å². The smallest absolute Gasteiger partial charge is 0.380 e. The summed E-state index contributed by atoms with van der Waals surface area (Å²) in [6.07, 6.45) is -4.20. The molecule has 0 bridgehead atoms. The first-order chi connectivity index (χ1) is 8.20. The number of carbonyl (C=O) groups is 1. The van der Waals surface area contributed by atoms with Crippen molar-refractivity contribution in [3.63, 3.8) is 0 Å². The number of nitrogens with zero attached hydrogens (tertiary/aromatic N) is 1. The molecule has 0 atom stereocenters. The van der Waals surface area contributed by atoms with Crippen molar-refractivity contribution >= 4 is 5.91 Å². The van der Waals surface area contributed by atoms with Crippen molar-refractivity contribution in [2.75, 3.05) is 26.8 Å². The van der Waals surface area contributed by atoms with Gasteiger partial charge < -0.3 is 9.64 Å². The minimum absolute atomic E-state index is 0.167. The van der Waals surface area contributed by atoms with Crippen LogP contribution < -0.4 is 0 Å². The highest BCUT2D eigenvalue weighted by molar-refractivity contribution is 5.84. The predicted octanol–water partition coefficient (Wildman–Crippen LogP) is 1.99. The second kappa shape index (κ2) is 5.21. The van der Waals surface area contributed by atoms with Crippen LogP contribution >= 0.6 is 0 Å². The maximum Gasteiger partial charge on any atom is 0.463 e. The predicted molar refractivity (Wildman–Crippen MR) is 52.2 cm³/mol. The van der Waals surface area contributed by atoms with Crippen LogP contribution in [0.3, 0.4) is 0 Å². The highest BCUT2D eigenvalue weighted by Gasteiger charge is 2.64. The molecule has 0 aliphatic carbocycles. The summed E-state index contributed by atoms with van der Waals surface area (Å²) in [7, 11) is 1.44. The monoisotopic (exact) mass is 273 g/mol. The molecule has 104 valence electrons. The molecule has 0 saturated carbocycles. The van der Waals surface area contributed by atoms with Gasteiger partial charge in [-0.25, -0.2) is 0 Å². The lowest BCUT2D eigenvalue weighted by atomic mass is 10.1. The average Bonchev–Trinajstić information content (AvgIpc) is 2.28. The number of carbonyl (C=O) groups excluding carboxylic acids is 1. The largest absolute Gasteiger partial charge is 0.463 e. The van der Waals surface area contributed by atoms with E-state index in [-0.39, 0.29) is 26.1 Å². The van der Waals surface area contributed by atoms with Crippen LogP contribution in [0.15, 0.2) is 11.6 Å². The molecular formula is C10H12F5NO2. The summed E-state index contributed by atoms with van der Waals surface area (Å²) < 4.78 is 66.4. The second-order valence-corrected chi connectivity index (χ2v) is 3.87. The highest BCUT2D eigenvalue weighted by Crippen LogP contribution is 2.37. The Balaban J connectivity index is 2.71. The first-order valence-corrected chi connectivity index (χ1v) is 5.11. The van der Waals surface area contributed by atoms with Crippen LogP contribution in [0.4, 0.5) is 22.0 Å². The van der Waals surface area contributed by atoms with E-state index in [1.54, 1.807) is 0 Å². The summed E-state index contributed by atoms with van der Waals surface area (Å²) in [5, 5.41) is 0. The van der Waals surface area contributed by atoms with E-state index in [1.807, 2.05) is 0 Å². The van der Waals surface area contributed by atoms with Crippen molar-refractivity contribution in [3.8, 4) is 0 Å². The summed E-state index contributed by atoms with van der Waals surface area (Å²) in [5.41, 5.74) is 0.775. The SMILES string of the molecule is COCC1=CCN(C(=O)C(F)(F)C(F)(F)F)CC1. The standard InChI is InChI=1S/C10H12F5NO2/c1-18-6-7-2-4-16(5-3-7)8(17)9(11,12)10(13,14)15/h2H,3-6H2,1H3. The minimum atomic E-state index is -5.86. The van der Waals surface area contributed by atoms with Crippen LogP contribution in [0.5, 0.6) is 0 Å². The second-order valence-electron chi connectivity index (χ2n) is 3.87. The van der Waals surface area contributed by atoms with E-state index in [0.717, 1.165) is 5.57 Å². The number of ether oxygens (including phenoxy) is 1. The molecule has 0 radical (unpaired) electrons. The number of hydrogen-bond donors (Lipinski definition) is 0. The van der Waals surface area contributed by atoms with E-state index in [4.69, 9.17) is 4.74 Å². The van der Waals surface area contributed by atoms with Crippen molar-refractivity contribution in [3.05, 3.63) is 11.6 Å². The lowest BCUT2D eigenvalue weighted by Gasteiger charge is -2.30. The first kappa shape index (κ1) is 14.9. The van der Waals surface area contributed by atoms with Crippen molar-refractivity contribution < 1.29 is 31.5 Å². The van der Waals surface area contributed by atoms with E-state index < -0.39 is 18.0 Å². The van der Waals surface area contributed by atoms with Gasteiger partial charge in [0.2, 0.25) is 0 Å². The molecule has 0 N–H and O–H groups in total. The number of amides is 1. The van der Waals surface area contributed by atoms with Crippen molar-refractivity contribution in [2.45, 2.75) is 18.5 Å². The Bertz CT molecular complexity index is 351. The molecule has 1 aliphatic rings. The van der Waals surface area contributed by atoms with E-state index >= 15 is 0 Å². The summed E-state index contributed by atoms with van der Waals surface area (Å²) in [5.74, 6) is -7.54. The van der Waals surface area contributed by atoms with E-state index in [9.17, 15) is 26.7 Å². The van der Waals surface area contributed by atoms with Crippen LogP contribution in [-0.2, 0) is 9.53 Å². The first-order valence-electron chi connectivity index (χ1n) is 5.11. The lowest BCUT2D eigenvalue weighted by molar-refractivity contribution is -0.274. The maximum absolute atomic E-state index is 12.8. The van der Waals surface area contributed by atoms with Crippen LogP contribution in [0.1, 0.15) is 6.42 Å². The van der Waals surface area contributed by atoms with Gasteiger partial charge in [0.15, 0.2) is 0 Å². The van der Waals surface area contributed by atoms with Gasteiger partial charge in [-0.15, -0.1) is 0 Å². The third-order valence-corrected chi connectivity index (χ3v) is 2.54. The molecule has 0 aromatic rings. The Kier molecular flexibility index (Phi) is 4.31. The number of rotatable bonds is 3. The van der Waals surface area contributed by atoms with Crippen molar-refractivity contribution in [2.24, 2.45) is 0 Å². The average molecular weight is 273 g/mol. The third kappa shape index (κ3) is 2.98. The molecular weight excluding hydrogens is 261 g/mol. The maximum atomic E-state index is 12.8. The van der Waals surface area contributed by atoms with Gasteiger partial charge >= 0.3 is 18.0 Å². The van der Waals surface area contributed by atoms with Gasteiger partial charge in [0.1, 0.15) is 0 Å². The van der Waals surface area contributed by atoms with E-state index in [1.165, 1.54) is 13.2 Å². The molecule has 0 aromatic heterocycles. The number of halogens is 5. The normalized spacial score (nSPS) is 17.7. The Morgan fingerprint density at radius 3 is 2.39 bits per heavy atom. The number of hydrogen-bond acceptors (Lipinski definition) is 2. The fourth-order valence-corrected chi connectivity index (χ4v) is 1.53. The fourth-order valence-electron chi connectivity index (χ4n) is 1.53. The zero-order valence-corrected chi connectivity index (χ0v) is 9.56. The molecule has 18 heavy (non-hydrogen) atoms. The zero-order chi connectivity index (χ0) is 14.0. The Labute approximate surface area is 100 Å². The van der Waals surface area contributed by atoms with Crippen LogP contribution in [-0.4, -0.2) is 49.7 Å². The van der Waals surface area contributed by atoms with Crippen LogP contribution in [0, 0.1) is 0 Å². The van der Waals surface area contributed by atoms with Gasteiger partial charge in [0, 0.05) is 20.2 Å². The molecule has 0 unspecified atom stereocenters. The van der Waals surface area contributed by atoms with E-state index in [2.05, 4.69) is 0 Å². The van der Waals surface area contributed by atoms with E-state index in [0.29, 0.717) is 4.90 Å². The summed E-state index contributed by atoms with van der Waals surface area (Å²) >= 11 is 0. The summed E-state index contributed by atoms with van der Waals surface area (Å²) in [6, 6.07) is 0. The van der Waals surface area contributed by atoms with Crippen LogP contribution in [0.2, 0.25) is 0 Å². The summed E-state index contributed by atoms with van der Waals surface area (Å²) in [6.45, 7) is -0.152. The van der Waals surface area contributed by atoms with Gasteiger partial charge in [-0.3, -0.25) is 4.79 Å². The molecule has 1 heterocycles. The molecule has 1 rings (SSSR count). The Morgan fingerprint density at radius 1 is 1.39 bits per heavy atom. The number of methoxy groups -OCH3 is 1.